The highest BCUT2D eigenvalue weighted by Crippen LogP contribution is 2.23. The van der Waals surface area contributed by atoms with Crippen LogP contribution in [0.15, 0.2) is 0 Å². The van der Waals surface area contributed by atoms with E-state index < -0.39 is 26.8 Å². The molecule has 0 atom stereocenters. The molecule has 0 radical (unpaired) electrons. The Morgan fingerprint density at radius 3 is 2.25 bits per heavy atom. The van der Waals surface area contributed by atoms with Crippen LogP contribution in [0.3, 0.4) is 0 Å². The Balaban J connectivity index is 0.00000225. The third kappa shape index (κ3) is 4.27. The van der Waals surface area contributed by atoms with Crippen molar-refractivity contribution < 1.29 is 17.9 Å². The van der Waals surface area contributed by atoms with Gasteiger partial charge in [-0.15, -0.1) is 12.4 Å². The minimum Gasteiger partial charge on any atom is -0.468 e. The molecule has 2 N–H and O–H groups in total. The lowest BCUT2D eigenvalue weighted by molar-refractivity contribution is -0.137. The van der Waals surface area contributed by atoms with E-state index in [-0.39, 0.29) is 18.4 Å². The highest BCUT2D eigenvalue weighted by molar-refractivity contribution is 7.92. The second kappa shape index (κ2) is 6.42. The van der Waals surface area contributed by atoms with Gasteiger partial charge in [0.2, 0.25) is 0 Å². The number of ether oxygens (including phenoxy) is 1. The number of carbonyl (C=O) groups excluding carboxylic acids is 1. The van der Waals surface area contributed by atoms with Gasteiger partial charge in [0.1, 0.15) is 5.75 Å². The number of halogens is 1. The van der Waals surface area contributed by atoms with Crippen LogP contribution in [0.4, 0.5) is 0 Å². The quantitative estimate of drug-likeness (QED) is 0.745. The Morgan fingerprint density at radius 1 is 1.31 bits per heavy atom. The van der Waals surface area contributed by atoms with Crippen molar-refractivity contribution >= 4 is 28.2 Å². The summed E-state index contributed by atoms with van der Waals surface area (Å²) in [7, 11) is -2.16. The number of esters is 1. The molecule has 16 heavy (non-hydrogen) atoms. The summed E-state index contributed by atoms with van der Waals surface area (Å²) in [4.78, 5) is 10.9. The Bertz CT molecular complexity index is 322. The van der Waals surface area contributed by atoms with Crippen LogP contribution in [0, 0.1) is 0 Å². The first-order valence-electron chi connectivity index (χ1n) is 4.99. The van der Waals surface area contributed by atoms with E-state index >= 15 is 0 Å². The second-order valence-corrected chi connectivity index (χ2v) is 6.20. The van der Waals surface area contributed by atoms with Crippen molar-refractivity contribution in [2.75, 3.05) is 12.9 Å². The van der Waals surface area contributed by atoms with E-state index in [1.807, 2.05) is 0 Å². The molecule has 5 nitrogen and oxygen atoms in total. The molecule has 1 aliphatic rings. The van der Waals surface area contributed by atoms with Crippen molar-refractivity contribution in [3.8, 4) is 0 Å². The number of nitrogens with two attached hydrogens (primary N) is 1. The lowest BCUT2D eigenvalue weighted by atomic mass is 9.96. The van der Waals surface area contributed by atoms with Crippen molar-refractivity contribution in [1.82, 2.24) is 0 Å². The summed E-state index contributed by atoms with van der Waals surface area (Å²) in [5.41, 5.74) is 5.68. The van der Waals surface area contributed by atoms with Gasteiger partial charge in [0.15, 0.2) is 9.84 Å². The lowest BCUT2D eigenvalue weighted by Gasteiger charge is -2.25. The van der Waals surface area contributed by atoms with Gasteiger partial charge >= 0.3 is 5.97 Å². The molecule has 0 aromatic heterocycles. The van der Waals surface area contributed by atoms with Crippen LogP contribution < -0.4 is 5.73 Å². The molecule has 96 valence electrons. The van der Waals surface area contributed by atoms with Crippen molar-refractivity contribution in [2.24, 2.45) is 5.73 Å². The molecule has 0 unspecified atom stereocenters. The van der Waals surface area contributed by atoms with E-state index in [1.54, 1.807) is 0 Å². The second-order valence-electron chi connectivity index (χ2n) is 3.92. The van der Waals surface area contributed by atoms with Gasteiger partial charge in [0.25, 0.3) is 0 Å². The predicted octanol–water partition coefficient (Wildman–Crippen LogP) is 0.266. The van der Waals surface area contributed by atoms with E-state index in [1.165, 1.54) is 7.11 Å². The van der Waals surface area contributed by atoms with Gasteiger partial charge in [-0.2, -0.15) is 0 Å². The van der Waals surface area contributed by atoms with Gasteiger partial charge in [-0.05, 0) is 25.7 Å². The number of carbonyl (C=O) groups is 1. The smallest absolute Gasteiger partial charge is 0.320 e. The minimum atomic E-state index is -3.35. The number of hydrogen-bond donors (Lipinski definition) is 1. The van der Waals surface area contributed by atoms with Crippen LogP contribution in [0.25, 0.3) is 0 Å². The molecule has 1 saturated carbocycles. The summed E-state index contributed by atoms with van der Waals surface area (Å²) in [6.07, 6.45) is 2.54. The van der Waals surface area contributed by atoms with Crippen molar-refractivity contribution in [2.45, 2.75) is 37.0 Å². The number of methoxy groups -OCH3 is 1. The van der Waals surface area contributed by atoms with Crippen molar-refractivity contribution in [1.29, 1.82) is 0 Å². The van der Waals surface area contributed by atoms with Crippen LogP contribution in [-0.2, 0) is 19.4 Å². The largest absolute Gasteiger partial charge is 0.468 e. The molecule has 0 amide bonds. The monoisotopic (exact) mass is 271 g/mol. The maximum atomic E-state index is 11.7. The van der Waals surface area contributed by atoms with Crippen LogP contribution in [0.5, 0.6) is 0 Å². The van der Waals surface area contributed by atoms with Crippen molar-refractivity contribution in [3.05, 3.63) is 0 Å². The predicted molar refractivity (Wildman–Crippen MR) is 63.3 cm³/mol. The molecule has 0 saturated heterocycles. The Morgan fingerprint density at radius 2 is 1.81 bits per heavy atom. The Labute approximate surface area is 102 Å². The number of sulfone groups is 1. The Kier molecular flexibility index (Phi) is 6.28. The third-order valence-electron chi connectivity index (χ3n) is 2.77. The molecule has 0 bridgehead atoms. The lowest BCUT2D eigenvalue weighted by Crippen LogP contribution is -2.36. The van der Waals surface area contributed by atoms with Gasteiger partial charge in [-0.25, -0.2) is 8.42 Å². The average molecular weight is 272 g/mol. The molecule has 0 spiro atoms. The standard InChI is InChI=1S/C9H17NO4S.ClH/c1-14-9(11)6-15(12,13)8-4-2-7(10)3-5-8;/h7-8H,2-6,10H2,1H3;1H. The van der Waals surface area contributed by atoms with Gasteiger partial charge in [0, 0.05) is 6.04 Å². The highest BCUT2D eigenvalue weighted by Gasteiger charge is 2.31. The zero-order valence-electron chi connectivity index (χ0n) is 9.22. The SMILES string of the molecule is COC(=O)CS(=O)(=O)C1CCC(N)CC1.Cl. The van der Waals surface area contributed by atoms with E-state index in [4.69, 9.17) is 5.73 Å². The van der Waals surface area contributed by atoms with Gasteiger partial charge < -0.3 is 10.5 Å². The van der Waals surface area contributed by atoms with Gasteiger partial charge in [-0.1, -0.05) is 0 Å². The fraction of sp³-hybridized carbons (Fsp3) is 0.889. The van der Waals surface area contributed by atoms with Crippen LogP contribution in [-0.4, -0.2) is 38.5 Å². The minimum absolute atomic E-state index is 0. The first kappa shape index (κ1) is 15.7. The fourth-order valence-corrected chi connectivity index (χ4v) is 3.46. The molecule has 0 heterocycles. The summed E-state index contributed by atoms with van der Waals surface area (Å²) >= 11 is 0. The Hall–Kier alpha value is -0.330. The zero-order valence-corrected chi connectivity index (χ0v) is 10.9. The van der Waals surface area contributed by atoms with E-state index in [2.05, 4.69) is 4.74 Å². The molecule has 1 fully saturated rings. The first-order valence-corrected chi connectivity index (χ1v) is 6.71. The molecule has 0 aromatic carbocycles. The van der Waals surface area contributed by atoms with E-state index in [0.717, 1.165) is 0 Å². The molecule has 1 rings (SSSR count). The van der Waals surface area contributed by atoms with Crippen LogP contribution in [0.2, 0.25) is 0 Å². The van der Waals surface area contributed by atoms with Crippen LogP contribution in [0.1, 0.15) is 25.7 Å². The summed E-state index contributed by atoms with van der Waals surface area (Å²) in [6, 6.07) is 0.106. The molecular formula is C9H18ClNO4S. The van der Waals surface area contributed by atoms with Gasteiger partial charge in [-0.3, -0.25) is 4.79 Å². The average Bonchev–Trinajstić information content (AvgIpc) is 2.17. The highest BCUT2D eigenvalue weighted by atomic mass is 35.5. The zero-order chi connectivity index (χ0) is 11.5. The topological polar surface area (TPSA) is 86.5 Å². The molecule has 0 aromatic rings. The normalized spacial score (nSPS) is 25.6. The molecular weight excluding hydrogens is 254 g/mol. The summed E-state index contributed by atoms with van der Waals surface area (Å²) < 4.78 is 27.8. The number of hydrogen-bond acceptors (Lipinski definition) is 5. The number of rotatable bonds is 3. The maximum absolute atomic E-state index is 11.7. The molecule has 1 aliphatic carbocycles. The summed E-state index contributed by atoms with van der Waals surface area (Å²) in [6.45, 7) is 0. The fourth-order valence-electron chi connectivity index (χ4n) is 1.79. The first-order chi connectivity index (χ1) is 6.95. The maximum Gasteiger partial charge on any atom is 0.320 e. The third-order valence-corrected chi connectivity index (χ3v) is 4.90. The molecule has 0 aliphatic heterocycles. The molecule has 7 heteroatoms. The van der Waals surface area contributed by atoms with Crippen LogP contribution >= 0.6 is 12.4 Å². The summed E-state index contributed by atoms with van der Waals surface area (Å²) in [5.74, 6) is -1.20. The van der Waals surface area contributed by atoms with Gasteiger partial charge in [0.05, 0.1) is 12.4 Å². The summed E-state index contributed by atoms with van der Waals surface area (Å²) in [5, 5.41) is -0.420. The van der Waals surface area contributed by atoms with E-state index in [0.29, 0.717) is 25.7 Å². The van der Waals surface area contributed by atoms with E-state index in [9.17, 15) is 13.2 Å². The van der Waals surface area contributed by atoms with Crippen molar-refractivity contribution in [3.63, 3.8) is 0 Å².